The Morgan fingerprint density at radius 2 is 1.37 bits per heavy atom. The third-order valence-electron chi connectivity index (χ3n) is 7.05. The van der Waals surface area contributed by atoms with Crippen molar-refractivity contribution in [3.8, 4) is 5.75 Å². The number of carbonyl (C=O) groups is 1. The lowest BCUT2D eigenvalue weighted by Crippen LogP contribution is -2.30. The molecule has 2 aromatic carbocycles. The van der Waals surface area contributed by atoms with Gasteiger partial charge in [-0.3, -0.25) is 4.79 Å². The van der Waals surface area contributed by atoms with Gasteiger partial charge in [-0.25, -0.2) is 0 Å². The van der Waals surface area contributed by atoms with Crippen LogP contribution in [0.25, 0.3) is 0 Å². The predicted molar refractivity (Wildman–Crippen MR) is 160 cm³/mol. The fraction of sp³-hybridized carbons (Fsp3) is 0.515. The van der Waals surface area contributed by atoms with E-state index in [-0.39, 0.29) is 5.91 Å². The van der Waals surface area contributed by atoms with Gasteiger partial charge >= 0.3 is 0 Å². The molecule has 3 aromatic rings. The average molecular weight is 536 g/mol. The Morgan fingerprint density at radius 1 is 0.789 bits per heavy atom. The maximum Gasteiger partial charge on any atom is 0.224 e. The van der Waals surface area contributed by atoms with Gasteiger partial charge in [0.25, 0.3) is 0 Å². The molecule has 5 heteroatoms. The number of ether oxygens (including phenoxy) is 1. The van der Waals surface area contributed by atoms with Gasteiger partial charge in [0.2, 0.25) is 11.4 Å². The van der Waals surface area contributed by atoms with Crippen LogP contribution in [0.4, 0.5) is 5.69 Å². The van der Waals surface area contributed by atoms with Crippen LogP contribution >= 0.6 is 11.3 Å². The number of hydrogen-bond acceptors (Lipinski definition) is 3. The Balaban J connectivity index is 1.31. The molecule has 0 atom stereocenters. The lowest BCUT2D eigenvalue weighted by molar-refractivity contribution is -0.683. The summed E-state index contributed by atoms with van der Waals surface area (Å²) in [4.78, 5) is 14.2. The van der Waals surface area contributed by atoms with E-state index in [1.54, 1.807) is 18.3 Å². The molecule has 0 N–H and O–H groups in total. The summed E-state index contributed by atoms with van der Waals surface area (Å²) in [5.41, 5.74) is 5.33. The van der Waals surface area contributed by atoms with E-state index in [0.717, 1.165) is 36.6 Å². The van der Waals surface area contributed by atoms with Gasteiger partial charge in [-0.05, 0) is 36.2 Å². The zero-order valence-corrected chi connectivity index (χ0v) is 24.4. The number of carbonyl (C=O) groups excluding carboxylic acids is 1. The molecule has 1 heterocycles. The molecule has 0 aliphatic rings. The summed E-state index contributed by atoms with van der Waals surface area (Å²) in [6.07, 6.45) is 18.3. The minimum absolute atomic E-state index is 0.0391. The summed E-state index contributed by atoms with van der Waals surface area (Å²) in [7, 11) is 0. The lowest BCUT2D eigenvalue weighted by atomic mass is 10.1. The van der Waals surface area contributed by atoms with Gasteiger partial charge in [0.05, 0.1) is 18.5 Å². The normalized spacial score (nSPS) is 11.0. The molecule has 0 saturated carbocycles. The highest BCUT2D eigenvalue weighted by molar-refractivity contribution is 7.07. The highest BCUT2D eigenvalue weighted by atomic mass is 32.1. The fourth-order valence-electron chi connectivity index (χ4n) is 4.73. The third-order valence-corrected chi connectivity index (χ3v) is 7.72. The maximum atomic E-state index is 12.4. The van der Waals surface area contributed by atoms with Crippen molar-refractivity contribution in [1.82, 2.24) is 0 Å². The Kier molecular flexibility index (Phi) is 14.0. The van der Waals surface area contributed by atoms with Crippen molar-refractivity contribution in [2.45, 2.75) is 104 Å². The number of thiazole rings is 1. The van der Waals surface area contributed by atoms with E-state index in [1.807, 2.05) is 29.2 Å². The van der Waals surface area contributed by atoms with E-state index >= 15 is 0 Å². The minimum Gasteiger partial charge on any atom is -0.494 e. The number of aromatic nitrogens is 1. The molecule has 0 unspecified atom stereocenters. The zero-order valence-electron chi connectivity index (χ0n) is 23.6. The summed E-state index contributed by atoms with van der Waals surface area (Å²) in [6.45, 7) is 6.06. The SMILES string of the molecule is CCCCCCCCCCCCCCOc1ccc(CN(C(C)=O)c2ccc(C[n+]3ccsc3)cc2)cc1. The number of anilines is 1. The van der Waals surface area contributed by atoms with E-state index in [1.165, 1.54) is 76.2 Å². The highest BCUT2D eigenvalue weighted by Crippen LogP contribution is 2.21. The van der Waals surface area contributed by atoms with E-state index in [4.69, 9.17) is 4.74 Å². The predicted octanol–water partition coefficient (Wildman–Crippen LogP) is 8.72. The Labute approximate surface area is 234 Å². The summed E-state index contributed by atoms with van der Waals surface area (Å²) in [5, 5.41) is 2.07. The van der Waals surface area contributed by atoms with E-state index in [9.17, 15) is 4.79 Å². The van der Waals surface area contributed by atoms with Crippen LogP contribution in [0.5, 0.6) is 5.75 Å². The molecule has 0 saturated heterocycles. The molecule has 3 rings (SSSR count). The number of nitrogens with zero attached hydrogens (tertiary/aromatic N) is 2. The van der Waals surface area contributed by atoms with Crippen LogP contribution in [0.2, 0.25) is 0 Å². The van der Waals surface area contributed by atoms with Gasteiger partial charge in [-0.15, -0.1) is 0 Å². The van der Waals surface area contributed by atoms with Gasteiger partial charge in [0, 0.05) is 18.2 Å². The fourth-order valence-corrected chi connectivity index (χ4v) is 5.33. The first-order chi connectivity index (χ1) is 18.7. The summed E-state index contributed by atoms with van der Waals surface area (Å²) >= 11 is 1.69. The first kappa shape index (κ1) is 29.9. The number of benzene rings is 2. The first-order valence-electron chi connectivity index (χ1n) is 14.7. The molecule has 0 aliphatic heterocycles. The van der Waals surface area contributed by atoms with Crippen LogP contribution in [0.1, 0.15) is 102 Å². The van der Waals surface area contributed by atoms with Crippen LogP contribution in [0.15, 0.2) is 65.6 Å². The monoisotopic (exact) mass is 535 g/mol. The molecular weight excluding hydrogens is 488 g/mol. The van der Waals surface area contributed by atoms with Crippen LogP contribution in [-0.2, 0) is 17.9 Å². The van der Waals surface area contributed by atoms with Crippen LogP contribution in [-0.4, -0.2) is 12.5 Å². The van der Waals surface area contributed by atoms with E-state index < -0.39 is 0 Å². The summed E-state index contributed by atoms with van der Waals surface area (Å²) in [6, 6.07) is 16.4. The third kappa shape index (κ3) is 11.4. The number of hydrogen-bond donors (Lipinski definition) is 0. The van der Waals surface area contributed by atoms with Gasteiger partial charge in [0.15, 0.2) is 12.7 Å². The van der Waals surface area contributed by atoms with Crippen molar-refractivity contribution in [1.29, 1.82) is 0 Å². The Morgan fingerprint density at radius 3 is 1.92 bits per heavy atom. The van der Waals surface area contributed by atoms with Gasteiger partial charge < -0.3 is 9.64 Å². The van der Waals surface area contributed by atoms with Gasteiger partial charge in [-0.2, -0.15) is 4.57 Å². The van der Waals surface area contributed by atoms with Crippen molar-refractivity contribution in [3.63, 3.8) is 0 Å². The van der Waals surface area contributed by atoms with E-state index in [2.05, 4.69) is 52.8 Å². The van der Waals surface area contributed by atoms with Crippen LogP contribution in [0, 0.1) is 0 Å². The molecule has 0 spiro atoms. The second-order valence-electron chi connectivity index (χ2n) is 10.4. The molecule has 0 aliphatic carbocycles. The maximum absolute atomic E-state index is 12.4. The van der Waals surface area contributed by atoms with Gasteiger partial charge in [-0.1, -0.05) is 113 Å². The molecule has 0 radical (unpaired) electrons. The van der Waals surface area contributed by atoms with Crippen molar-refractivity contribution in [2.24, 2.45) is 0 Å². The van der Waals surface area contributed by atoms with Crippen molar-refractivity contribution in [3.05, 3.63) is 76.7 Å². The Bertz CT molecular complexity index is 1020. The van der Waals surface area contributed by atoms with Crippen LogP contribution in [0.3, 0.4) is 0 Å². The number of rotatable bonds is 19. The largest absolute Gasteiger partial charge is 0.494 e. The molecule has 38 heavy (non-hydrogen) atoms. The number of unbranched alkanes of at least 4 members (excludes halogenated alkanes) is 11. The second-order valence-corrected chi connectivity index (χ2v) is 11.1. The summed E-state index contributed by atoms with van der Waals surface area (Å²) < 4.78 is 8.12. The summed E-state index contributed by atoms with van der Waals surface area (Å²) in [5.74, 6) is 0.943. The molecule has 206 valence electrons. The van der Waals surface area contributed by atoms with Crippen molar-refractivity contribution < 1.29 is 14.1 Å². The Hall–Kier alpha value is -2.66. The smallest absolute Gasteiger partial charge is 0.224 e. The van der Waals surface area contributed by atoms with E-state index in [0.29, 0.717) is 6.54 Å². The quantitative estimate of drug-likeness (QED) is 0.114. The molecule has 1 aromatic heterocycles. The minimum atomic E-state index is 0.0391. The molecule has 0 bridgehead atoms. The van der Waals surface area contributed by atoms with Crippen molar-refractivity contribution in [2.75, 3.05) is 11.5 Å². The molecule has 1 amide bonds. The topological polar surface area (TPSA) is 33.4 Å². The average Bonchev–Trinajstić information content (AvgIpc) is 3.44. The highest BCUT2D eigenvalue weighted by Gasteiger charge is 2.13. The molecular formula is C33H47N2O2S+. The first-order valence-corrected chi connectivity index (χ1v) is 15.6. The lowest BCUT2D eigenvalue weighted by Gasteiger charge is -2.21. The number of amides is 1. The molecule has 0 fully saturated rings. The zero-order chi connectivity index (χ0) is 26.8. The van der Waals surface area contributed by atoms with Crippen LogP contribution < -0.4 is 14.2 Å². The van der Waals surface area contributed by atoms with Gasteiger partial charge in [0.1, 0.15) is 5.75 Å². The van der Waals surface area contributed by atoms with Crippen molar-refractivity contribution >= 4 is 22.9 Å². The standard InChI is InChI=1S/C33H47N2O2S/c1-3-4-5-6-7-8-9-10-11-12-13-14-24-37-33-21-17-31(18-22-33)27-35(29(2)36)32-19-15-30(16-20-32)26-34-23-25-38-28-34/h15-23,25,28H,3-14,24,26-27H2,1-2H3/q+1. The second kappa shape index (κ2) is 17.8. The molecule has 4 nitrogen and oxygen atoms in total.